The van der Waals surface area contributed by atoms with Gasteiger partial charge in [0.25, 0.3) is 0 Å². The van der Waals surface area contributed by atoms with Crippen LogP contribution in [0.1, 0.15) is 57.2 Å². The number of allylic oxidation sites excluding steroid dienone is 1. The molecule has 1 atom stereocenters. The molecule has 0 spiro atoms. The number of ether oxygens (including phenoxy) is 2. The minimum Gasteiger partial charge on any atom is -0.496 e. The van der Waals surface area contributed by atoms with E-state index in [4.69, 9.17) is 9.47 Å². The third-order valence-electron chi connectivity index (χ3n) is 5.62. The van der Waals surface area contributed by atoms with Crippen LogP contribution in [-0.2, 0) is 4.74 Å². The Balaban J connectivity index is 1.60. The Bertz CT molecular complexity index is 1080. The van der Waals surface area contributed by atoms with Gasteiger partial charge in [-0.25, -0.2) is 9.59 Å². The van der Waals surface area contributed by atoms with Crippen LogP contribution in [0.5, 0.6) is 5.75 Å². The van der Waals surface area contributed by atoms with Crippen LogP contribution in [0.4, 0.5) is 21.0 Å². The maximum atomic E-state index is 12.6. The fourth-order valence-electron chi connectivity index (χ4n) is 3.64. The van der Waals surface area contributed by atoms with E-state index < -0.39 is 6.09 Å². The van der Waals surface area contributed by atoms with Gasteiger partial charge in [0, 0.05) is 41.8 Å². The van der Waals surface area contributed by atoms with Crippen molar-refractivity contribution >= 4 is 35.3 Å². The molecule has 0 radical (unpaired) electrons. The van der Waals surface area contributed by atoms with Crippen molar-refractivity contribution in [3.63, 3.8) is 0 Å². The number of carbonyl (C=O) groups excluding carboxylic acids is 2. The maximum Gasteiger partial charge on any atom is 0.407 e. The number of nitrogens with one attached hydrogen (secondary N) is 3. The van der Waals surface area contributed by atoms with Crippen molar-refractivity contribution in [2.75, 3.05) is 17.7 Å². The van der Waals surface area contributed by atoms with Gasteiger partial charge in [-0.3, -0.25) is 4.99 Å². The number of rotatable bonds is 9. The first-order valence-electron chi connectivity index (χ1n) is 11.5. The lowest BCUT2D eigenvalue weighted by molar-refractivity contribution is 0.0905. The van der Waals surface area contributed by atoms with E-state index >= 15 is 0 Å². The highest BCUT2D eigenvalue weighted by Crippen LogP contribution is 2.32. The summed E-state index contributed by atoms with van der Waals surface area (Å²) in [7, 11) is 1.60. The van der Waals surface area contributed by atoms with Crippen LogP contribution in [0.15, 0.2) is 53.7 Å². The molecule has 2 aromatic carbocycles. The molecule has 1 aliphatic rings. The SMILES string of the molecule is CCC(CC)OC(=O)N[C@@H](C)c1cccc(NC(=O)Nc2ccc(C3=CN=CC3)c(OC)c2)c1. The molecular formula is C26H32N4O4. The average Bonchev–Trinajstić information content (AvgIpc) is 3.37. The van der Waals surface area contributed by atoms with E-state index in [1.165, 1.54) is 0 Å². The van der Waals surface area contributed by atoms with Crippen molar-refractivity contribution in [2.24, 2.45) is 4.99 Å². The number of anilines is 2. The second-order valence-electron chi connectivity index (χ2n) is 8.02. The summed E-state index contributed by atoms with van der Waals surface area (Å²) in [5, 5.41) is 8.50. The van der Waals surface area contributed by atoms with Crippen molar-refractivity contribution < 1.29 is 19.1 Å². The van der Waals surface area contributed by atoms with Crippen molar-refractivity contribution in [1.29, 1.82) is 0 Å². The number of hydrogen-bond donors (Lipinski definition) is 3. The number of amides is 3. The van der Waals surface area contributed by atoms with E-state index in [1.54, 1.807) is 19.2 Å². The number of carbonyl (C=O) groups is 2. The van der Waals surface area contributed by atoms with E-state index in [9.17, 15) is 9.59 Å². The van der Waals surface area contributed by atoms with Crippen molar-refractivity contribution in [1.82, 2.24) is 5.32 Å². The second kappa shape index (κ2) is 11.9. The van der Waals surface area contributed by atoms with Gasteiger partial charge in [-0.1, -0.05) is 26.0 Å². The molecule has 0 saturated heterocycles. The van der Waals surface area contributed by atoms with Gasteiger partial charge in [-0.2, -0.15) is 0 Å². The Morgan fingerprint density at radius 3 is 2.44 bits per heavy atom. The number of aliphatic imine (C=N–C) groups is 1. The maximum absolute atomic E-state index is 12.6. The van der Waals surface area contributed by atoms with Gasteiger partial charge in [0.1, 0.15) is 11.9 Å². The van der Waals surface area contributed by atoms with Gasteiger partial charge in [-0.15, -0.1) is 0 Å². The molecular weight excluding hydrogens is 432 g/mol. The van der Waals surface area contributed by atoms with E-state index in [0.717, 1.165) is 36.0 Å². The second-order valence-corrected chi connectivity index (χ2v) is 8.02. The zero-order valence-electron chi connectivity index (χ0n) is 20.1. The lowest BCUT2D eigenvalue weighted by atomic mass is 10.0. The van der Waals surface area contributed by atoms with E-state index in [1.807, 2.05) is 63.5 Å². The minimum absolute atomic E-state index is 0.0974. The molecule has 0 fully saturated rings. The third-order valence-corrected chi connectivity index (χ3v) is 5.62. The van der Waals surface area contributed by atoms with E-state index in [0.29, 0.717) is 17.1 Å². The number of urea groups is 1. The first-order chi connectivity index (χ1) is 16.4. The Hall–Kier alpha value is -3.81. The van der Waals surface area contributed by atoms with Crippen LogP contribution in [0, 0.1) is 0 Å². The Labute approximate surface area is 200 Å². The summed E-state index contributed by atoms with van der Waals surface area (Å²) in [5.74, 6) is 0.664. The molecule has 34 heavy (non-hydrogen) atoms. The van der Waals surface area contributed by atoms with Gasteiger partial charge in [0.05, 0.1) is 13.2 Å². The summed E-state index contributed by atoms with van der Waals surface area (Å²) in [6.45, 7) is 5.83. The van der Waals surface area contributed by atoms with E-state index in [-0.39, 0.29) is 18.2 Å². The number of hydrogen-bond acceptors (Lipinski definition) is 5. The van der Waals surface area contributed by atoms with Crippen molar-refractivity contribution in [3.8, 4) is 5.75 Å². The van der Waals surface area contributed by atoms with Gasteiger partial charge >= 0.3 is 12.1 Å². The zero-order chi connectivity index (χ0) is 24.5. The van der Waals surface area contributed by atoms with Crippen LogP contribution < -0.4 is 20.7 Å². The summed E-state index contributed by atoms with van der Waals surface area (Å²) >= 11 is 0. The molecule has 0 aromatic heterocycles. The summed E-state index contributed by atoms with van der Waals surface area (Å²) in [6, 6.07) is 12.2. The molecule has 0 bridgehead atoms. The molecule has 8 nitrogen and oxygen atoms in total. The normalized spacial score (nSPS) is 13.3. The lowest BCUT2D eigenvalue weighted by Crippen LogP contribution is -2.30. The topological polar surface area (TPSA) is 101 Å². The highest BCUT2D eigenvalue weighted by atomic mass is 16.6. The van der Waals surface area contributed by atoms with E-state index in [2.05, 4.69) is 20.9 Å². The highest BCUT2D eigenvalue weighted by molar-refractivity contribution is 6.00. The lowest BCUT2D eigenvalue weighted by Gasteiger charge is -2.19. The summed E-state index contributed by atoms with van der Waals surface area (Å²) in [4.78, 5) is 28.9. The molecule has 3 N–H and O–H groups in total. The predicted octanol–water partition coefficient (Wildman–Crippen LogP) is 6.13. The molecule has 0 unspecified atom stereocenters. The molecule has 1 aliphatic heterocycles. The average molecular weight is 465 g/mol. The van der Waals surface area contributed by atoms with Crippen molar-refractivity contribution in [2.45, 2.75) is 52.2 Å². The zero-order valence-corrected chi connectivity index (χ0v) is 20.1. The number of alkyl carbamates (subject to hydrolysis) is 1. The minimum atomic E-state index is -0.449. The third kappa shape index (κ3) is 6.60. The first kappa shape index (κ1) is 24.8. The van der Waals surface area contributed by atoms with Gasteiger partial charge in [0.15, 0.2) is 0 Å². The molecule has 180 valence electrons. The quantitative estimate of drug-likeness (QED) is 0.415. The van der Waals surface area contributed by atoms with Crippen LogP contribution in [0.25, 0.3) is 5.57 Å². The largest absolute Gasteiger partial charge is 0.496 e. The Morgan fingerprint density at radius 1 is 1.06 bits per heavy atom. The predicted molar refractivity (Wildman–Crippen MR) is 136 cm³/mol. The molecule has 8 heteroatoms. The molecule has 1 heterocycles. The smallest absolute Gasteiger partial charge is 0.407 e. The fraction of sp³-hybridized carbons (Fsp3) is 0.346. The monoisotopic (exact) mass is 464 g/mol. The number of methoxy groups -OCH3 is 1. The molecule has 3 rings (SSSR count). The molecule has 0 saturated carbocycles. The molecule has 0 aliphatic carbocycles. The Kier molecular flexibility index (Phi) is 8.67. The molecule has 2 aromatic rings. The number of nitrogens with zero attached hydrogens (tertiary/aromatic N) is 1. The van der Waals surface area contributed by atoms with Crippen molar-refractivity contribution in [3.05, 3.63) is 59.8 Å². The molecule has 3 amide bonds. The fourth-order valence-corrected chi connectivity index (χ4v) is 3.64. The van der Waals surface area contributed by atoms with Crippen LogP contribution in [0.3, 0.4) is 0 Å². The Morgan fingerprint density at radius 2 is 1.79 bits per heavy atom. The summed E-state index contributed by atoms with van der Waals surface area (Å²) in [6.07, 6.45) is 5.40. The number of benzene rings is 2. The first-order valence-corrected chi connectivity index (χ1v) is 11.5. The van der Waals surface area contributed by atoms with Crippen LogP contribution >= 0.6 is 0 Å². The highest BCUT2D eigenvalue weighted by Gasteiger charge is 2.15. The van der Waals surface area contributed by atoms with Gasteiger partial charge in [0.2, 0.25) is 0 Å². The van der Waals surface area contributed by atoms with Crippen LogP contribution in [-0.4, -0.2) is 31.6 Å². The van der Waals surface area contributed by atoms with Crippen LogP contribution in [0.2, 0.25) is 0 Å². The summed E-state index contributed by atoms with van der Waals surface area (Å²) in [5.41, 5.74) is 4.07. The summed E-state index contributed by atoms with van der Waals surface area (Å²) < 4.78 is 10.9. The van der Waals surface area contributed by atoms with Gasteiger partial charge in [-0.05, 0) is 55.2 Å². The standard InChI is InChI=1S/C26H32N4O4/c1-5-22(6-2)34-26(32)28-17(3)18-8-7-9-20(14-18)29-25(31)30-21-10-11-23(24(15-21)33-4)19-12-13-27-16-19/h7-11,13-17,22H,5-6,12H2,1-4H3,(H,28,32)(H2,29,30,31)/t17-/m0/s1. The van der Waals surface area contributed by atoms with Gasteiger partial charge < -0.3 is 25.4 Å².